The highest BCUT2D eigenvalue weighted by atomic mass is 19.1. The van der Waals surface area contributed by atoms with Crippen LogP contribution in [-0.2, 0) is 9.59 Å². The zero-order chi connectivity index (χ0) is 13.2. The van der Waals surface area contributed by atoms with Gasteiger partial charge in [-0.15, -0.1) is 0 Å². The Labute approximate surface area is 106 Å². The number of hydrogen-bond donors (Lipinski definition) is 1. The predicted octanol–water partition coefficient (Wildman–Crippen LogP) is 1.98. The smallest absolute Gasteiger partial charge is 0.343 e. The lowest BCUT2D eigenvalue weighted by Crippen LogP contribution is -2.38. The first-order chi connectivity index (χ1) is 8.51. The summed E-state index contributed by atoms with van der Waals surface area (Å²) in [5.74, 6) is -0.914. The molecule has 2 rings (SSSR count). The van der Waals surface area contributed by atoms with Crippen molar-refractivity contribution in [1.82, 2.24) is 4.90 Å². The molecule has 2 fully saturated rings. The summed E-state index contributed by atoms with van der Waals surface area (Å²) >= 11 is 0. The number of carbonyl (C=O) groups excluding carboxylic acids is 1. The number of likely N-dealkylation sites (tertiary alicyclic amines) is 1. The average Bonchev–Trinajstić information content (AvgIpc) is 2.95. The molecule has 0 spiro atoms. The molecular weight excluding hydrogens is 237 g/mol. The van der Waals surface area contributed by atoms with Gasteiger partial charge in [0.2, 0.25) is 11.6 Å². The zero-order valence-corrected chi connectivity index (χ0v) is 10.5. The molecule has 0 aromatic carbocycles. The summed E-state index contributed by atoms with van der Waals surface area (Å²) in [4.78, 5) is 24.0. The van der Waals surface area contributed by atoms with Gasteiger partial charge in [0.15, 0.2) is 0 Å². The van der Waals surface area contributed by atoms with Gasteiger partial charge in [-0.1, -0.05) is 25.7 Å². The van der Waals surface area contributed by atoms with Crippen LogP contribution in [0, 0.1) is 5.92 Å². The maximum atomic E-state index is 13.8. The second-order valence-corrected chi connectivity index (χ2v) is 5.52. The third-order valence-electron chi connectivity index (χ3n) is 4.20. The van der Waals surface area contributed by atoms with Crippen LogP contribution in [0.4, 0.5) is 4.39 Å². The van der Waals surface area contributed by atoms with Crippen molar-refractivity contribution in [3.8, 4) is 0 Å². The Kier molecular flexibility index (Phi) is 3.88. The monoisotopic (exact) mass is 257 g/mol. The third-order valence-corrected chi connectivity index (χ3v) is 4.20. The fraction of sp³-hybridized carbons (Fsp3) is 0.846. The quantitative estimate of drug-likeness (QED) is 0.837. The van der Waals surface area contributed by atoms with Crippen LogP contribution in [0.15, 0.2) is 0 Å². The van der Waals surface area contributed by atoms with Crippen molar-refractivity contribution in [3.63, 3.8) is 0 Å². The second-order valence-electron chi connectivity index (χ2n) is 5.52. The van der Waals surface area contributed by atoms with Gasteiger partial charge >= 0.3 is 5.97 Å². The van der Waals surface area contributed by atoms with Gasteiger partial charge in [0, 0.05) is 19.4 Å². The summed E-state index contributed by atoms with van der Waals surface area (Å²) in [6.07, 6.45) is 6.08. The predicted molar refractivity (Wildman–Crippen MR) is 63.9 cm³/mol. The van der Waals surface area contributed by atoms with E-state index in [0.717, 1.165) is 6.42 Å². The Hall–Kier alpha value is -1.13. The average molecular weight is 257 g/mol. The van der Waals surface area contributed by atoms with Crippen molar-refractivity contribution in [2.75, 3.05) is 13.1 Å². The Bertz CT molecular complexity index is 341. The van der Waals surface area contributed by atoms with Gasteiger partial charge in [-0.2, -0.15) is 0 Å². The molecule has 0 bridgehead atoms. The van der Waals surface area contributed by atoms with E-state index in [4.69, 9.17) is 5.11 Å². The number of halogens is 1. The van der Waals surface area contributed by atoms with Crippen molar-refractivity contribution < 1.29 is 19.1 Å². The van der Waals surface area contributed by atoms with E-state index in [0.29, 0.717) is 12.3 Å². The van der Waals surface area contributed by atoms with Crippen molar-refractivity contribution in [2.24, 2.45) is 5.92 Å². The molecule has 1 saturated carbocycles. The first-order valence-corrected chi connectivity index (χ1v) is 6.71. The van der Waals surface area contributed by atoms with E-state index in [9.17, 15) is 14.0 Å². The van der Waals surface area contributed by atoms with Gasteiger partial charge in [-0.05, 0) is 12.3 Å². The number of carboxylic acid groups (broad SMARTS) is 1. The van der Waals surface area contributed by atoms with E-state index in [1.54, 1.807) is 0 Å². The molecule has 0 radical (unpaired) electrons. The van der Waals surface area contributed by atoms with Crippen molar-refractivity contribution in [3.05, 3.63) is 0 Å². The molecule has 2 aliphatic rings. The Morgan fingerprint density at radius 2 is 2.00 bits per heavy atom. The number of alkyl halides is 1. The fourth-order valence-corrected chi connectivity index (χ4v) is 2.95. The summed E-state index contributed by atoms with van der Waals surface area (Å²) in [6, 6.07) is 0. The van der Waals surface area contributed by atoms with Crippen molar-refractivity contribution >= 4 is 11.9 Å². The first kappa shape index (κ1) is 13.3. The number of hydrogen-bond acceptors (Lipinski definition) is 2. The van der Waals surface area contributed by atoms with Crippen LogP contribution >= 0.6 is 0 Å². The van der Waals surface area contributed by atoms with Crippen LogP contribution < -0.4 is 0 Å². The van der Waals surface area contributed by atoms with Crippen LogP contribution in [0.5, 0.6) is 0 Å². The molecule has 18 heavy (non-hydrogen) atoms. The molecule has 1 saturated heterocycles. The Morgan fingerprint density at radius 1 is 1.33 bits per heavy atom. The van der Waals surface area contributed by atoms with Crippen molar-refractivity contribution in [2.45, 2.75) is 50.6 Å². The summed E-state index contributed by atoms with van der Waals surface area (Å²) in [5.41, 5.74) is -2.23. The summed E-state index contributed by atoms with van der Waals surface area (Å²) in [5, 5.41) is 8.76. The van der Waals surface area contributed by atoms with E-state index in [1.165, 1.54) is 30.6 Å². The molecule has 1 amide bonds. The molecule has 1 aliphatic heterocycles. The number of nitrogens with zero attached hydrogens (tertiary/aromatic N) is 1. The summed E-state index contributed by atoms with van der Waals surface area (Å²) in [7, 11) is 0. The van der Waals surface area contributed by atoms with Crippen LogP contribution in [0.25, 0.3) is 0 Å². The minimum atomic E-state index is -2.23. The van der Waals surface area contributed by atoms with Gasteiger partial charge in [-0.25, -0.2) is 9.18 Å². The standard InChI is InChI=1S/C13H20FNO3/c14-13(12(17)18)7-8-15(9-13)11(16)6-5-10-3-1-2-4-10/h10H,1-9H2,(H,17,18). The topological polar surface area (TPSA) is 57.6 Å². The molecule has 0 aromatic heterocycles. The number of rotatable bonds is 4. The normalized spacial score (nSPS) is 28.8. The number of amides is 1. The van der Waals surface area contributed by atoms with Gasteiger partial charge in [0.25, 0.3) is 0 Å². The minimum Gasteiger partial charge on any atom is -0.479 e. The third kappa shape index (κ3) is 2.82. The highest BCUT2D eigenvalue weighted by Crippen LogP contribution is 2.30. The van der Waals surface area contributed by atoms with E-state index in [2.05, 4.69) is 0 Å². The van der Waals surface area contributed by atoms with Crippen LogP contribution in [0.1, 0.15) is 44.9 Å². The van der Waals surface area contributed by atoms with Crippen molar-refractivity contribution in [1.29, 1.82) is 0 Å². The molecule has 1 aliphatic carbocycles. The summed E-state index contributed by atoms with van der Waals surface area (Å²) < 4.78 is 13.8. The number of carbonyl (C=O) groups is 2. The Balaban J connectivity index is 1.78. The lowest BCUT2D eigenvalue weighted by Gasteiger charge is -2.18. The lowest BCUT2D eigenvalue weighted by atomic mass is 10.0. The molecule has 1 atom stereocenters. The SMILES string of the molecule is O=C(CCC1CCCC1)N1CCC(F)(C(=O)O)C1. The van der Waals surface area contributed by atoms with Crippen LogP contribution in [0.3, 0.4) is 0 Å². The first-order valence-electron chi connectivity index (χ1n) is 6.71. The minimum absolute atomic E-state index is 0.0858. The molecule has 5 heteroatoms. The number of carboxylic acids is 1. The lowest BCUT2D eigenvalue weighted by molar-refractivity contribution is -0.150. The van der Waals surface area contributed by atoms with E-state index in [-0.39, 0.29) is 25.4 Å². The molecule has 0 aromatic rings. The molecule has 4 nitrogen and oxygen atoms in total. The van der Waals surface area contributed by atoms with Crippen LogP contribution in [-0.4, -0.2) is 40.6 Å². The maximum Gasteiger partial charge on any atom is 0.343 e. The molecular formula is C13H20FNO3. The van der Waals surface area contributed by atoms with Gasteiger partial charge in [0.05, 0.1) is 6.54 Å². The van der Waals surface area contributed by atoms with E-state index in [1.807, 2.05) is 0 Å². The molecule has 1 unspecified atom stereocenters. The highest BCUT2D eigenvalue weighted by Gasteiger charge is 2.46. The Morgan fingerprint density at radius 3 is 2.56 bits per heavy atom. The largest absolute Gasteiger partial charge is 0.479 e. The second kappa shape index (κ2) is 5.24. The molecule has 1 heterocycles. The number of aliphatic carboxylic acids is 1. The van der Waals surface area contributed by atoms with E-state index >= 15 is 0 Å². The summed E-state index contributed by atoms with van der Waals surface area (Å²) in [6.45, 7) is -0.0574. The maximum absolute atomic E-state index is 13.8. The molecule has 1 N–H and O–H groups in total. The highest BCUT2D eigenvalue weighted by molar-refractivity contribution is 5.82. The van der Waals surface area contributed by atoms with Gasteiger partial charge in [-0.3, -0.25) is 4.79 Å². The zero-order valence-electron chi connectivity index (χ0n) is 10.5. The van der Waals surface area contributed by atoms with Crippen LogP contribution in [0.2, 0.25) is 0 Å². The molecule has 102 valence electrons. The van der Waals surface area contributed by atoms with Gasteiger partial charge < -0.3 is 10.0 Å². The van der Waals surface area contributed by atoms with Gasteiger partial charge in [0.1, 0.15) is 0 Å². The van der Waals surface area contributed by atoms with E-state index < -0.39 is 11.6 Å². The fourth-order valence-electron chi connectivity index (χ4n) is 2.95.